The summed E-state index contributed by atoms with van der Waals surface area (Å²) in [6.07, 6.45) is 8.53. The lowest BCUT2D eigenvalue weighted by Crippen LogP contribution is -2.47. The molecule has 1 saturated carbocycles. The summed E-state index contributed by atoms with van der Waals surface area (Å²) in [6, 6.07) is 0. The van der Waals surface area contributed by atoms with Gasteiger partial charge in [0, 0.05) is 12.8 Å². The molecule has 0 spiro atoms. The smallest absolute Gasteiger partial charge is 0.132 e. The molecule has 35 heavy (non-hydrogen) atoms. The molecule has 0 aromatic heterocycles. The van der Waals surface area contributed by atoms with Crippen molar-refractivity contribution in [3.8, 4) is 0 Å². The molecule has 202 valence electrons. The number of rotatable bonds is 14. The maximum atomic E-state index is 11.8. The number of hydrogen-bond acceptors (Lipinski definition) is 6. The van der Waals surface area contributed by atoms with Crippen LogP contribution in [0.15, 0.2) is 0 Å². The third-order valence-corrected chi connectivity index (χ3v) is 8.07. The molecule has 0 radical (unpaired) electrons. The van der Waals surface area contributed by atoms with E-state index in [9.17, 15) is 9.59 Å². The standard InChI is InChI=1S/C29H50O6/c1-19(30)17-26(3,4)32-22-12-10-21(16-23(22)33-27(5,6)18-20(2)31)11-13-25-29(9,35-25)15-14-24-28(7,8)34-24/h21-25H,10-18H2,1-9H3. The molecule has 0 N–H and O–H groups in total. The minimum atomic E-state index is -0.540. The van der Waals surface area contributed by atoms with Crippen LogP contribution in [0.2, 0.25) is 0 Å². The van der Waals surface area contributed by atoms with Gasteiger partial charge in [-0.25, -0.2) is 0 Å². The van der Waals surface area contributed by atoms with Crippen molar-refractivity contribution in [3.05, 3.63) is 0 Å². The molecule has 3 rings (SSSR count). The lowest BCUT2D eigenvalue weighted by atomic mass is 9.80. The quantitative estimate of drug-likeness (QED) is 0.277. The van der Waals surface area contributed by atoms with Crippen LogP contribution < -0.4 is 0 Å². The van der Waals surface area contributed by atoms with E-state index in [4.69, 9.17) is 18.9 Å². The number of hydrogen-bond donors (Lipinski definition) is 0. The van der Waals surface area contributed by atoms with E-state index in [0.717, 1.165) is 44.9 Å². The molecular weight excluding hydrogens is 444 g/mol. The zero-order chi connectivity index (χ0) is 26.2. The molecule has 3 fully saturated rings. The second-order valence-corrected chi connectivity index (χ2v) is 13.5. The van der Waals surface area contributed by atoms with Crippen LogP contribution in [0.4, 0.5) is 0 Å². The first-order valence-corrected chi connectivity index (χ1v) is 13.7. The number of ether oxygens (including phenoxy) is 4. The zero-order valence-electron chi connectivity index (χ0n) is 23.7. The maximum Gasteiger partial charge on any atom is 0.132 e. The molecule has 6 heteroatoms. The first-order chi connectivity index (χ1) is 16.0. The number of epoxide rings is 2. The largest absolute Gasteiger partial charge is 0.369 e. The highest BCUT2D eigenvalue weighted by atomic mass is 16.6. The molecule has 2 aliphatic heterocycles. The summed E-state index contributed by atoms with van der Waals surface area (Å²) in [5.74, 6) is 0.798. The van der Waals surface area contributed by atoms with E-state index in [1.165, 1.54) is 0 Å². The van der Waals surface area contributed by atoms with E-state index in [-0.39, 0.29) is 35.0 Å². The van der Waals surface area contributed by atoms with E-state index in [0.29, 0.717) is 31.0 Å². The van der Waals surface area contributed by atoms with Crippen LogP contribution in [-0.4, -0.2) is 58.4 Å². The summed E-state index contributed by atoms with van der Waals surface area (Å²) in [7, 11) is 0. The molecule has 0 bridgehead atoms. The van der Waals surface area contributed by atoms with Crippen molar-refractivity contribution in [1.82, 2.24) is 0 Å². The van der Waals surface area contributed by atoms with Crippen LogP contribution in [0.25, 0.3) is 0 Å². The van der Waals surface area contributed by atoms with Gasteiger partial charge < -0.3 is 18.9 Å². The van der Waals surface area contributed by atoms with Crippen LogP contribution in [0.5, 0.6) is 0 Å². The molecule has 2 heterocycles. The van der Waals surface area contributed by atoms with E-state index >= 15 is 0 Å². The van der Waals surface area contributed by atoms with E-state index in [1.807, 2.05) is 27.7 Å². The topological polar surface area (TPSA) is 77.7 Å². The van der Waals surface area contributed by atoms with Crippen LogP contribution >= 0.6 is 0 Å². The average Bonchev–Trinajstić information content (AvgIpc) is 3.51. The minimum Gasteiger partial charge on any atom is -0.369 e. The summed E-state index contributed by atoms with van der Waals surface area (Å²) in [5, 5.41) is 0. The Morgan fingerprint density at radius 3 is 1.86 bits per heavy atom. The lowest BCUT2D eigenvalue weighted by Gasteiger charge is -2.43. The fourth-order valence-corrected chi connectivity index (χ4v) is 6.23. The molecule has 6 unspecified atom stereocenters. The summed E-state index contributed by atoms with van der Waals surface area (Å²) >= 11 is 0. The second-order valence-electron chi connectivity index (χ2n) is 13.5. The molecule has 3 aliphatic rings. The predicted octanol–water partition coefficient (Wildman–Crippen LogP) is 5.97. The maximum absolute atomic E-state index is 11.8. The number of carbonyl (C=O) groups excluding carboxylic acids is 2. The Hall–Kier alpha value is -0.820. The molecule has 0 aromatic rings. The number of Topliss-reactive ketones (excluding diaryl/α,β-unsaturated/α-hetero) is 2. The fraction of sp³-hybridized carbons (Fsp3) is 0.931. The highest BCUT2D eigenvalue weighted by molar-refractivity contribution is 5.76. The van der Waals surface area contributed by atoms with Crippen LogP contribution in [-0.2, 0) is 28.5 Å². The summed E-state index contributed by atoms with van der Waals surface area (Å²) < 4.78 is 24.9. The first kappa shape index (κ1) is 28.7. The third kappa shape index (κ3) is 8.62. The highest BCUT2D eigenvalue weighted by Gasteiger charge is 2.55. The fourth-order valence-electron chi connectivity index (χ4n) is 6.23. The van der Waals surface area contributed by atoms with Gasteiger partial charge in [-0.1, -0.05) is 0 Å². The van der Waals surface area contributed by atoms with Gasteiger partial charge in [0.15, 0.2) is 0 Å². The van der Waals surface area contributed by atoms with E-state index in [1.54, 1.807) is 13.8 Å². The average molecular weight is 495 g/mol. The van der Waals surface area contributed by atoms with Gasteiger partial charge in [-0.3, -0.25) is 9.59 Å². The molecule has 0 amide bonds. The predicted molar refractivity (Wildman–Crippen MR) is 137 cm³/mol. The third-order valence-electron chi connectivity index (χ3n) is 8.07. The Morgan fingerprint density at radius 2 is 1.34 bits per heavy atom. The van der Waals surface area contributed by atoms with Crippen LogP contribution in [0.3, 0.4) is 0 Å². The second kappa shape index (κ2) is 10.5. The van der Waals surface area contributed by atoms with Gasteiger partial charge in [-0.05, 0) is 113 Å². The van der Waals surface area contributed by atoms with Gasteiger partial charge in [-0.2, -0.15) is 0 Å². The van der Waals surface area contributed by atoms with Gasteiger partial charge in [0.05, 0.1) is 46.8 Å². The van der Waals surface area contributed by atoms with Crippen LogP contribution in [0.1, 0.15) is 120 Å². The Balaban J connectivity index is 1.54. The van der Waals surface area contributed by atoms with Gasteiger partial charge in [0.25, 0.3) is 0 Å². The van der Waals surface area contributed by atoms with Crippen molar-refractivity contribution in [2.24, 2.45) is 5.92 Å². The van der Waals surface area contributed by atoms with Gasteiger partial charge in [0.2, 0.25) is 0 Å². The monoisotopic (exact) mass is 494 g/mol. The Bertz CT molecular complexity index is 771. The number of carbonyl (C=O) groups is 2. The van der Waals surface area contributed by atoms with Gasteiger partial charge in [-0.15, -0.1) is 0 Å². The van der Waals surface area contributed by atoms with Crippen molar-refractivity contribution in [1.29, 1.82) is 0 Å². The summed E-state index contributed by atoms with van der Waals surface area (Å²) in [5.41, 5.74) is -1.02. The molecule has 2 saturated heterocycles. The van der Waals surface area contributed by atoms with E-state index in [2.05, 4.69) is 20.8 Å². The molecular formula is C29H50O6. The zero-order valence-corrected chi connectivity index (χ0v) is 23.7. The van der Waals surface area contributed by atoms with Crippen molar-refractivity contribution in [2.45, 2.75) is 167 Å². The van der Waals surface area contributed by atoms with Crippen molar-refractivity contribution < 1.29 is 28.5 Å². The first-order valence-electron chi connectivity index (χ1n) is 13.7. The van der Waals surface area contributed by atoms with Crippen molar-refractivity contribution >= 4 is 11.6 Å². The highest BCUT2D eigenvalue weighted by Crippen LogP contribution is 2.48. The Labute approximate surface area is 213 Å². The van der Waals surface area contributed by atoms with E-state index < -0.39 is 11.2 Å². The summed E-state index contributed by atoms with van der Waals surface area (Å²) in [6.45, 7) is 17.7. The normalized spacial score (nSPS) is 34.5. The molecule has 1 aliphatic carbocycles. The SMILES string of the molecule is CC(=O)CC(C)(C)OC1CCC(CCC2OC2(C)CCC2OC2(C)C)CC1OC(C)(C)CC(C)=O. The van der Waals surface area contributed by atoms with Gasteiger partial charge in [0.1, 0.15) is 11.6 Å². The lowest BCUT2D eigenvalue weighted by molar-refractivity contribution is -0.192. The molecule has 6 atom stereocenters. The minimum absolute atomic E-state index is 0.00155. The number of ketones is 2. The van der Waals surface area contributed by atoms with Crippen molar-refractivity contribution in [3.63, 3.8) is 0 Å². The van der Waals surface area contributed by atoms with Crippen LogP contribution in [0, 0.1) is 5.92 Å². The summed E-state index contributed by atoms with van der Waals surface area (Å²) in [4.78, 5) is 23.6. The van der Waals surface area contributed by atoms with Crippen molar-refractivity contribution in [2.75, 3.05) is 0 Å². The molecule has 0 aromatic carbocycles. The van der Waals surface area contributed by atoms with Gasteiger partial charge >= 0.3 is 0 Å². The Kier molecular flexibility index (Phi) is 8.63. The molecule has 6 nitrogen and oxygen atoms in total. The Morgan fingerprint density at radius 1 is 0.800 bits per heavy atom.